The molecule has 3 atom stereocenters. The van der Waals surface area contributed by atoms with Crippen molar-refractivity contribution in [3.8, 4) is 0 Å². The summed E-state index contributed by atoms with van der Waals surface area (Å²) in [5.74, 6) is 1.45. The summed E-state index contributed by atoms with van der Waals surface area (Å²) in [6.07, 6.45) is 0. The molecule has 1 unspecified atom stereocenters. The maximum absolute atomic E-state index is 12.6. The number of carbonyl (C=O) groups excluding carboxylic acids is 1. The monoisotopic (exact) mass is 312 g/mol. The van der Waals surface area contributed by atoms with Crippen molar-refractivity contribution in [2.45, 2.75) is 32.9 Å². The van der Waals surface area contributed by atoms with Crippen LogP contribution in [-0.4, -0.2) is 28.8 Å². The highest BCUT2D eigenvalue weighted by Crippen LogP contribution is 2.49. The third-order valence-corrected chi connectivity index (χ3v) is 5.38. The van der Waals surface area contributed by atoms with Gasteiger partial charge in [0.25, 0.3) is 0 Å². The van der Waals surface area contributed by atoms with Crippen molar-refractivity contribution in [3.63, 3.8) is 0 Å². The van der Waals surface area contributed by atoms with Crippen LogP contribution in [0.3, 0.4) is 0 Å². The van der Waals surface area contributed by atoms with Gasteiger partial charge in [-0.05, 0) is 51.8 Å². The summed E-state index contributed by atoms with van der Waals surface area (Å²) in [5.41, 5.74) is 1.61. The highest BCUT2D eigenvalue weighted by Gasteiger charge is 2.57. The lowest BCUT2D eigenvalue weighted by Gasteiger charge is -2.25. The van der Waals surface area contributed by atoms with Gasteiger partial charge in [-0.15, -0.1) is 0 Å². The predicted molar refractivity (Wildman–Crippen MR) is 89.9 cm³/mol. The first-order valence-electron chi connectivity index (χ1n) is 8.51. The molecule has 0 spiro atoms. The number of carbonyl (C=O) groups is 1. The van der Waals surface area contributed by atoms with E-state index in [9.17, 15) is 4.79 Å². The Kier molecular flexibility index (Phi) is 3.23. The van der Waals surface area contributed by atoms with Gasteiger partial charge in [0.05, 0.1) is 16.7 Å². The number of para-hydroxylation sites is 1. The summed E-state index contributed by atoms with van der Waals surface area (Å²) >= 11 is 0. The van der Waals surface area contributed by atoms with E-state index in [1.807, 2.05) is 16.8 Å². The molecule has 1 aromatic carbocycles. The van der Waals surface area contributed by atoms with Crippen LogP contribution in [0.25, 0.3) is 10.9 Å². The number of rotatable bonds is 4. The number of nitrogens with one attached hydrogen (secondary N) is 2. The van der Waals surface area contributed by atoms with Crippen molar-refractivity contribution in [2.75, 3.05) is 13.1 Å². The molecule has 1 saturated heterocycles. The van der Waals surface area contributed by atoms with Crippen LogP contribution in [0.1, 0.15) is 26.5 Å². The van der Waals surface area contributed by atoms with Crippen LogP contribution in [0.4, 0.5) is 0 Å². The van der Waals surface area contributed by atoms with Crippen molar-refractivity contribution in [1.29, 1.82) is 0 Å². The third-order valence-electron chi connectivity index (χ3n) is 5.38. The number of aryl methyl sites for hydroxylation is 1. The minimum absolute atomic E-state index is 0.182. The quantitative estimate of drug-likeness (QED) is 0.906. The van der Waals surface area contributed by atoms with Crippen LogP contribution in [0.2, 0.25) is 0 Å². The zero-order chi connectivity index (χ0) is 16.2. The molecule has 4 rings (SSSR count). The molecule has 23 heavy (non-hydrogen) atoms. The van der Waals surface area contributed by atoms with Gasteiger partial charge < -0.3 is 10.6 Å². The van der Waals surface area contributed by atoms with E-state index in [0.29, 0.717) is 11.8 Å². The SMILES string of the molecule is CCn1nc(C(C)(C)NC(=O)C2[C@H]3CNC[C@@H]23)c2ccccc21. The molecule has 2 aliphatic rings. The van der Waals surface area contributed by atoms with Crippen LogP contribution in [0.5, 0.6) is 0 Å². The largest absolute Gasteiger partial charge is 0.345 e. The smallest absolute Gasteiger partial charge is 0.224 e. The summed E-state index contributed by atoms with van der Waals surface area (Å²) in [6, 6.07) is 8.24. The highest BCUT2D eigenvalue weighted by molar-refractivity contribution is 5.86. The van der Waals surface area contributed by atoms with Gasteiger partial charge in [-0.25, -0.2) is 0 Å². The number of amides is 1. The normalized spacial score (nSPS) is 26.3. The molecule has 0 radical (unpaired) electrons. The Morgan fingerprint density at radius 3 is 2.74 bits per heavy atom. The van der Waals surface area contributed by atoms with Crippen molar-refractivity contribution in [2.24, 2.45) is 17.8 Å². The molecular weight excluding hydrogens is 288 g/mol. The average Bonchev–Trinajstić information content (AvgIpc) is 2.87. The molecule has 1 saturated carbocycles. The lowest BCUT2D eigenvalue weighted by atomic mass is 9.96. The van der Waals surface area contributed by atoms with E-state index in [-0.39, 0.29) is 11.8 Å². The second kappa shape index (κ2) is 5.06. The molecule has 1 amide bonds. The van der Waals surface area contributed by atoms with Crippen LogP contribution in [0, 0.1) is 17.8 Å². The predicted octanol–water partition coefficient (Wildman–Crippen LogP) is 1.87. The number of hydrogen-bond acceptors (Lipinski definition) is 3. The molecule has 2 fully saturated rings. The topological polar surface area (TPSA) is 59.0 Å². The molecule has 2 aromatic rings. The van der Waals surface area contributed by atoms with Gasteiger partial charge in [0.1, 0.15) is 0 Å². The summed E-state index contributed by atoms with van der Waals surface area (Å²) in [6.45, 7) is 8.98. The van der Waals surface area contributed by atoms with Gasteiger partial charge in [0.15, 0.2) is 0 Å². The van der Waals surface area contributed by atoms with Crippen LogP contribution < -0.4 is 10.6 Å². The van der Waals surface area contributed by atoms with Gasteiger partial charge in [-0.3, -0.25) is 9.48 Å². The van der Waals surface area contributed by atoms with Crippen LogP contribution >= 0.6 is 0 Å². The van der Waals surface area contributed by atoms with Crippen molar-refractivity contribution in [3.05, 3.63) is 30.0 Å². The number of hydrogen-bond donors (Lipinski definition) is 2. The fourth-order valence-electron chi connectivity index (χ4n) is 4.09. The van der Waals surface area contributed by atoms with Gasteiger partial charge >= 0.3 is 0 Å². The zero-order valence-corrected chi connectivity index (χ0v) is 14.0. The number of fused-ring (bicyclic) bond motifs is 2. The lowest BCUT2D eigenvalue weighted by Crippen LogP contribution is -2.43. The number of nitrogens with zero attached hydrogens (tertiary/aromatic N) is 2. The summed E-state index contributed by atoms with van der Waals surface area (Å²) < 4.78 is 2.01. The van der Waals surface area contributed by atoms with E-state index in [1.54, 1.807) is 0 Å². The van der Waals surface area contributed by atoms with E-state index in [4.69, 9.17) is 5.10 Å². The second-order valence-corrected chi connectivity index (χ2v) is 7.31. The Bertz CT molecular complexity index is 753. The number of benzene rings is 1. The Balaban J connectivity index is 1.62. The van der Waals surface area contributed by atoms with E-state index < -0.39 is 5.54 Å². The standard InChI is InChI=1S/C18H24N4O/c1-4-22-14-8-6-5-7-11(14)16(21-22)18(2,3)20-17(23)15-12-9-19-10-13(12)15/h5-8,12-13,15,19H,4,9-10H2,1-3H3,(H,20,23)/t12-,13+,15?. The maximum Gasteiger partial charge on any atom is 0.224 e. The summed E-state index contributed by atoms with van der Waals surface area (Å²) in [5, 5.41) is 12.5. The Morgan fingerprint density at radius 2 is 2.04 bits per heavy atom. The third kappa shape index (κ3) is 2.26. The second-order valence-electron chi connectivity index (χ2n) is 7.31. The van der Waals surface area contributed by atoms with Crippen molar-refractivity contribution in [1.82, 2.24) is 20.4 Å². The van der Waals surface area contributed by atoms with E-state index in [0.717, 1.165) is 36.2 Å². The molecule has 5 heteroatoms. The molecule has 2 N–H and O–H groups in total. The van der Waals surface area contributed by atoms with Gasteiger partial charge in [-0.2, -0.15) is 5.10 Å². The molecule has 0 bridgehead atoms. The molecule has 5 nitrogen and oxygen atoms in total. The molecular formula is C18H24N4O. The zero-order valence-electron chi connectivity index (χ0n) is 14.0. The highest BCUT2D eigenvalue weighted by atomic mass is 16.2. The molecule has 1 aromatic heterocycles. The fraction of sp³-hybridized carbons (Fsp3) is 0.556. The minimum Gasteiger partial charge on any atom is -0.345 e. The average molecular weight is 312 g/mol. The minimum atomic E-state index is -0.471. The Hall–Kier alpha value is -1.88. The van der Waals surface area contributed by atoms with Crippen molar-refractivity contribution < 1.29 is 4.79 Å². The maximum atomic E-state index is 12.6. The summed E-state index contributed by atoms with van der Waals surface area (Å²) in [7, 11) is 0. The molecule has 122 valence electrons. The van der Waals surface area contributed by atoms with E-state index in [2.05, 4.69) is 43.5 Å². The van der Waals surface area contributed by atoms with Gasteiger partial charge in [0, 0.05) is 17.8 Å². The fourth-order valence-corrected chi connectivity index (χ4v) is 4.09. The van der Waals surface area contributed by atoms with Crippen molar-refractivity contribution >= 4 is 16.8 Å². The molecule has 2 heterocycles. The summed E-state index contributed by atoms with van der Waals surface area (Å²) in [4.78, 5) is 12.6. The molecule has 1 aliphatic heterocycles. The van der Waals surface area contributed by atoms with Gasteiger partial charge in [0.2, 0.25) is 5.91 Å². The number of aromatic nitrogens is 2. The molecule has 1 aliphatic carbocycles. The Morgan fingerprint density at radius 1 is 1.35 bits per heavy atom. The first-order valence-corrected chi connectivity index (χ1v) is 8.51. The van der Waals surface area contributed by atoms with E-state index in [1.165, 1.54) is 0 Å². The van der Waals surface area contributed by atoms with Gasteiger partial charge in [-0.1, -0.05) is 18.2 Å². The van der Waals surface area contributed by atoms with Crippen LogP contribution in [-0.2, 0) is 16.9 Å². The number of piperidine rings is 1. The van der Waals surface area contributed by atoms with E-state index >= 15 is 0 Å². The first kappa shape index (κ1) is 14.7. The van der Waals surface area contributed by atoms with Crippen LogP contribution in [0.15, 0.2) is 24.3 Å². The lowest BCUT2D eigenvalue weighted by molar-refractivity contribution is -0.124. The first-order chi connectivity index (χ1) is 11.0. The Labute approximate surface area is 136 Å².